The van der Waals surface area contributed by atoms with Gasteiger partial charge in [-0.15, -0.1) is 0 Å². The number of aryl methyl sites for hydroxylation is 4. The van der Waals surface area contributed by atoms with Crippen LogP contribution in [-0.4, -0.2) is 34.5 Å². The van der Waals surface area contributed by atoms with E-state index in [1.165, 1.54) is 22.3 Å². The zero-order valence-electron chi connectivity index (χ0n) is 28.8. The van der Waals surface area contributed by atoms with Gasteiger partial charge < -0.3 is 24.8 Å². The Kier molecular flexibility index (Phi) is 47.9. The Hall–Kier alpha value is 2.62. The molecule has 0 unspecified atom stereocenters. The van der Waals surface area contributed by atoms with Gasteiger partial charge in [0.15, 0.2) is 25.8 Å². The maximum Gasteiger partial charge on any atom is 0.180 e. The van der Waals surface area contributed by atoms with Crippen molar-refractivity contribution in [1.82, 2.24) is 0 Å². The summed E-state index contributed by atoms with van der Waals surface area (Å²) >= 11 is 86.5. The van der Waals surface area contributed by atoms with Crippen molar-refractivity contribution in [3.8, 4) is 0 Å². The average Bonchev–Trinajstić information content (AvgIpc) is 2.99. The molecule has 4 aromatic heterocycles. The largest absolute Gasteiger partial charge is 1.00 e. The molecule has 4 rings (SSSR count). The molecule has 0 aliphatic carbocycles. The number of rotatable bonds is 4. The van der Waals surface area contributed by atoms with Crippen LogP contribution >= 0.6 is 209 Å². The molecule has 55 heavy (non-hydrogen) atoms. The number of hydrogen-bond donors (Lipinski definition) is 0. The van der Waals surface area contributed by atoms with Crippen LogP contribution < -0.4 is 41.7 Å². The molecule has 0 aromatic carbocycles. The molecule has 0 N–H and O–H groups in total. The molecule has 0 amide bonds. The van der Waals surface area contributed by atoms with Crippen molar-refractivity contribution in [2.45, 2.75) is 53.5 Å². The van der Waals surface area contributed by atoms with Gasteiger partial charge in [0.2, 0.25) is 0 Å². The Balaban J connectivity index is -0.000000264. The van der Waals surface area contributed by atoms with Crippen molar-refractivity contribution in [3.63, 3.8) is 0 Å². The Morgan fingerprint density at radius 3 is 0.473 bits per heavy atom. The number of hydrogen-bond acceptors (Lipinski definition) is 0. The minimum absolute atomic E-state index is 0. The van der Waals surface area contributed by atoms with E-state index >= 15 is 0 Å². The van der Waals surface area contributed by atoms with Gasteiger partial charge in [-0.2, -0.15) is 0 Å². The Labute approximate surface area is 427 Å². The number of alkyl halides is 18. The van der Waals surface area contributed by atoms with E-state index in [9.17, 15) is 0 Å². The molecule has 4 heterocycles. The van der Waals surface area contributed by atoms with Crippen LogP contribution in [0.4, 0.5) is 0 Å². The third kappa shape index (κ3) is 38.1. The fraction of sp³-hybridized carbons (Fsp3) is 0.333. The summed E-state index contributed by atoms with van der Waals surface area (Å²) in [4.78, 5) is 0. The Morgan fingerprint density at radius 2 is 0.382 bits per heavy atom. The first kappa shape index (κ1) is 66.7. The van der Waals surface area contributed by atoms with Crippen molar-refractivity contribution < 1.29 is 41.7 Å². The van der Waals surface area contributed by atoms with Crippen LogP contribution in [0.5, 0.6) is 0 Å². The molecule has 25 heteroatoms. The topological polar surface area (TPSA) is 15.5 Å². The maximum atomic E-state index is 4.81. The molecule has 4 aromatic rings. The summed E-state index contributed by atoms with van der Waals surface area (Å²) < 4.78 is 5.22. The summed E-state index contributed by atoms with van der Waals surface area (Å²) in [5.41, 5.74) is 5.04. The fourth-order valence-corrected chi connectivity index (χ4v) is 9.76. The molecule has 0 aliphatic rings. The molecule has 0 radical (unpaired) electrons. The van der Waals surface area contributed by atoms with Gasteiger partial charge in [0.1, 0.15) is 0 Å². The van der Waals surface area contributed by atoms with Crippen LogP contribution in [0.3, 0.4) is 0 Å². The van der Waals surface area contributed by atoms with Gasteiger partial charge in [-0.3, -0.25) is 0 Å². The predicted molar refractivity (Wildman–Crippen MR) is 244 cm³/mol. The van der Waals surface area contributed by atoms with Crippen molar-refractivity contribution in [2.24, 2.45) is 0 Å². The van der Waals surface area contributed by atoms with Crippen molar-refractivity contribution >= 4 is 218 Å². The van der Waals surface area contributed by atoms with E-state index < -0.39 is 34.5 Å². The zero-order chi connectivity index (χ0) is 41.9. The Bertz CT molecular complexity index is 1190. The molecule has 0 fully saturated rings. The van der Waals surface area contributed by atoms with Gasteiger partial charge in [-0.05, 0) is 0 Å². The third-order valence-corrected chi connectivity index (χ3v) is 11.8. The van der Waals surface area contributed by atoms with Gasteiger partial charge >= 0.3 is 174 Å². The molecular formula is C30H36Cl20N4Si. The summed E-state index contributed by atoms with van der Waals surface area (Å²) in [5, 5.41) is 0. The van der Waals surface area contributed by atoms with Gasteiger partial charge in [0.05, 0.1) is 0 Å². The van der Waals surface area contributed by atoms with E-state index in [1.807, 2.05) is 0 Å². The molecule has 320 valence electrons. The Morgan fingerprint density at radius 1 is 0.291 bits per heavy atom. The molecular weight excluding hydrogens is 1150 g/mol. The van der Waals surface area contributed by atoms with Crippen LogP contribution in [0.1, 0.15) is 22.3 Å². The van der Waals surface area contributed by atoms with Crippen LogP contribution in [-0.2, 0) is 0 Å². The van der Waals surface area contributed by atoms with E-state index in [2.05, 4.69) is 143 Å². The monoisotopic (exact) mass is 1180 g/mol. The molecule has 4 nitrogen and oxygen atoms in total. The molecule has 0 saturated carbocycles. The van der Waals surface area contributed by atoms with E-state index in [0.717, 1.165) is 0 Å². The molecule has 0 saturated heterocycles. The SMILES string of the molecule is Cc1cc[n+]([SiH2-2]([n+]2ccc(C)cc2)([n+]2ccc(C)cc2)[n+]2ccc(C)cc2)cc1.ClC(Cl)Cl.ClC(Cl)Cl.ClC(Cl)Cl.ClC(Cl)Cl.ClC(Cl)Cl.ClC(Cl)Cl.[Cl-].[Cl-]. The summed E-state index contributed by atoms with van der Waals surface area (Å²) in [7, 11) is -3.54. The first-order valence-electron chi connectivity index (χ1n) is 14.2. The minimum Gasteiger partial charge on any atom is -1.00 e. The van der Waals surface area contributed by atoms with E-state index in [1.54, 1.807) is 0 Å². The summed E-state index contributed by atoms with van der Waals surface area (Å²) in [6.45, 7) is 8.54. The second-order valence-electron chi connectivity index (χ2n) is 9.89. The van der Waals surface area contributed by atoms with Crippen LogP contribution in [0.25, 0.3) is 0 Å². The second-order valence-corrected chi connectivity index (χ2v) is 26.4. The molecule has 0 spiro atoms. The molecule has 0 bridgehead atoms. The third-order valence-electron chi connectivity index (χ3n) is 6.19. The minimum atomic E-state index is -3.54. The average molecular weight is 1190 g/mol. The first-order valence-corrected chi connectivity index (χ1v) is 24.6. The number of aromatic nitrogens is 4. The van der Waals surface area contributed by atoms with Crippen LogP contribution in [0.2, 0.25) is 0 Å². The van der Waals surface area contributed by atoms with Gasteiger partial charge in [-0.25, -0.2) is 0 Å². The number of nitrogens with zero attached hydrogens (tertiary/aromatic N) is 4. The van der Waals surface area contributed by atoms with Crippen molar-refractivity contribution in [1.29, 1.82) is 0 Å². The number of halogens is 20. The summed E-state index contributed by atoms with van der Waals surface area (Å²) in [5.74, 6) is 0. The standard InChI is InChI=1S/C24H30N4Si.6CHCl3.2ClH/c1-21-5-13-25(14-6-21)29(26-15-7-22(2)8-16-26,27-17-9-23(3)10-18-27)28-19-11-24(4)12-20-28;6*2-1(3)4;;/h5-20H,29H2,1-4H3;6*1H;2*1H/q+2;;;;;;;;/p-2. The zero-order valence-corrected chi connectivity index (χ0v) is 45.3. The first-order chi connectivity index (χ1) is 24.4. The van der Waals surface area contributed by atoms with E-state index in [4.69, 9.17) is 209 Å². The van der Waals surface area contributed by atoms with E-state index in [0.29, 0.717) is 0 Å². The number of pyridine rings is 4. The van der Waals surface area contributed by atoms with Gasteiger partial charge in [0.25, 0.3) is 0 Å². The smallest absolute Gasteiger partial charge is 0.180 e. The van der Waals surface area contributed by atoms with Gasteiger partial charge in [-0.1, -0.05) is 209 Å². The van der Waals surface area contributed by atoms with Crippen molar-refractivity contribution in [2.75, 3.05) is 0 Å². The molecule has 0 aliphatic heterocycles. The predicted octanol–water partition coefficient (Wildman–Crippen LogP) is 7.39. The molecule has 0 atom stereocenters. The maximum absolute atomic E-state index is 4.81. The van der Waals surface area contributed by atoms with Crippen LogP contribution in [0.15, 0.2) is 98.1 Å². The second kappa shape index (κ2) is 39.5. The quantitative estimate of drug-likeness (QED) is 0.150. The van der Waals surface area contributed by atoms with Gasteiger partial charge in [0, 0.05) is 0 Å². The van der Waals surface area contributed by atoms with Crippen molar-refractivity contribution in [3.05, 3.63) is 120 Å². The van der Waals surface area contributed by atoms with Crippen LogP contribution in [0, 0.1) is 27.7 Å². The summed E-state index contributed by atoms with van der Waals surface area (Å²) in [6, 6.07) is 17.6. The normalized spacial score (nSPS) is 10.3. The summed E-state index contributed by atoms with van der Waals surface area (Å²) in [6.07, 6.45) is 17.8. The van der Waals surface area contributed by atoms with E-state index in [-0.39, 0.29) is 24.8 Å². The fourth-order valence-electron chi connectivity index (χ4n) is 4.39.